The van der Waals surface area contributed by atoms with Crippen LogP contribution in [0.15, 0.2) is 24.5 Å². The van der Waals surface area contributed by atoms with Crippen LogP contribution in [0.1, 0.15) is 12.5 Å². The van der Waals surface area contributed by atoms with Crippen LogP contribution in [-0.4, -0.2) is 27.5 Å². The Morgan fingerprint density at radius 2 is 2.29 bits per heavy atom. The predicted molar refractivity (Wildman–Crippen MR) is 67.3 cm³/mol. The van der Waals surface area contributed by atoms with Crippen LogP contribution in [0.25, 0.3) is 11.0 Å². The number of aryl methyl sites for hydroxylation is 1. The number of hydrogen-bond donors (Lipinski definition) is 0. The minimum absolute atomic E-state index is 0.0746. The number of aromatic nitrogens is 2. The number of rotatable bonds is 3. The van der Waals surface area contributed by atoms with E-state index in [9.17, 15) is 0 Å². The molecule has 2 aromatic rings. The van der Waals surface area contributed by atoms with Crippen molar-refractivity contribution in [2.24, 2.45) is 7.05 Å². The molecule has 4 nitrogen and oxygen atoms in total. The Balaban J connectivity index is 2.23. The van der Waals surface area contributed by atoms with Crippen LogP contribution < -0.4 is 0 Å². The molecular formula is C13H16N4. The molecule has 1 aromatic carbocycles. The fraction of sp³-hybridized carbons (Fsp3) is 0.385. The Kier molecular flexibility index (Phi) is 3.12. The SMILES string of the molecule is CC(C#N)N(C)Cc1ccc2c(c1)ncn2C. The van der Waals surface area contributed by atoms with Gasteiger partial charge in [-0.3, -0.25) is 4.90 Å². The first kappa shape index (κ1) is 11.6. The van der Waals surface area contributed by atoms with E-state index in [2.05, 4.69) is 29.3 Å². The van der Waals surface area contributed by atoms with Gasteiger partial charge in [-0.05, 0) is 31.7 Å². The molecule has 0 bridgehead atoms. The number of fused-ring (bicyclic) bond motifs is 1. The number of nitrogens with zero attached hydrogens (tertiary/aromatic N) is 4. The first-order valence-electron chi connectivity index (χ1n) is 5.61. The van der Waals surface area contributed by atoms with Crippen molar-refractivity contribution in [3.63, 3.8) is 0 Å². The van der Waals surface area contributed by atoms with Crippen LogP contribution in [-0.2, 0) is 13.6 Å². The van der Waals surface area contributed by atoms with Gasteiger partial charge in [0.1, 0.15) is 0 Å². The highest BCUT2D eigenvalue weighted by molar-refractivity contribution is 5.75. The predicted octanol–water partition coefficient (Wildman–Crippen LogP) is 1.92. The molecule has 0 N–H and O–H groups in total. The lowest BCUT2D eigenvalue weighted by atomic mass is 10.1. The second kappa shape index (κ2) is 4.56. The summed E-state index contributed by atoms with van der Waals surface area (Å²) in [5.74, 6) is 0. The molecule has 88 valence electrons. The molecule has 0 saturated heterocycles. The van der Waals surface area contributed by atoms with Crippen LogP contribution >= 0.6 is 0 Å². The van der Waals surface area contributed by atoms with E-state index in [-0.39, 0.29) is 6.04 Å². The summed E-state index contributed by atoms with van der Waals surface area (Å²) in [6.45, 7) is 2.67. The second-order valence-electron chi connectivity index (χ2n) is 4.40. The third-order valence-electron chi connectivity index (χ3n) is 3.07. The molecule has 17 heavy (non-hydrogen) atoms. The molecule has 0 spiro atoms. The van der Waals surface area contributed by atoms with Gasteiger partial charge in [0, 0.05) is 13.6 Å². The Morgan fingerprint density at radius 1 is 1.53 bits per heavy atom. The van der Waals surface area contributed by atoms with Crippen molar-refractivity contribution < 1.29 is 0 Å². The molecule has 1 heterocycles. The molecule has 0 saturated carbocycles. The van der Waals surface area contributed by atoms with E-state index < -0.39 is 0 Å². The molecule has 1 aromatic heterocycles. The van der Waals surface area contributed by atoms with E-state index in [0.717, 1.165) is 17.6 Å². The maximum atomic E-state index is 8.85. The molecule has 0 radical (unpaired) electrons. The van der Waals surface area contributed by atoms with Crippen LogP contribution in [0.5, 0.6) is 0 Å². The highest BCUT2D eigenvalue weighted by atomic mass is 15.1. The van der Waals surface area contributed by atoms with Crippen molar-refractivity contribution in [2.45, 2.75) is 19.5 Å². The van der Waals surface area contributed by atoms with Gasteiger partial charge < -0.3 is 4.57 Å². The van der Waals surface area contributed by atoms with E-state index in [0.29, 0.717) is 0 Å². The van der Waals surface area contributed by atoms with E-state index in [1.807, 2.05) is 36.8 Å². The van der Waals surface area contributed by atoms with Gasteiger partial charge in [0.2, 0.25) is 0 Å². The quantitative estimate of drug-likeness (QED) is 0.806. The molecule has 1 atom stereocenters. The summed E-state index contributed by atoms with van der Waals surface area (Å²) in [6, 6.07) is 8.40. The van der Waals surface area contributed by atoms with Crippen molar-refractivity contribution in [3.8, 4) is 6.07 Å². The second-order valence-corrected chi connectivity index (χ2v) is 4.40. The number of benzene rings is 1. The number of nitriles is 1. The Hall–Kier alpha value is -1.86. The Bertz CT molecular complexity index is 564. The molecule has 4 heteroatoms. The third-order valence-corrected chi connectivity index (χ3v) is 3.07. The zero-order chi connectivity index (χ0) is 12.4. The van der Waals surface area contributed by atoms with Gasteiger partial charge in [0.25, 0.3) is 0 Å². The summed E-state index contributed by atoms with van der Waals surface area (Å²) < 4.78 is 2.00. The summed E-state index contributed by atoms with van der Waals surface area (Å²) in [6.07, 6.45) is 1.82. The van der Waals surface area contributed by atoms with Crippen molar-refractivity contribution in [1.29, 1.82) is 5.26 Å². The fourth-order valence-electron chi connectivity index (χ4n) is 1.80. The molecule has 0 aliphatic heterocycles. The maximum absolute atomic E-state index is 8.85. The number of hydrogen-bond acceptors (Lipinski definition) is 3. The lowest BCUT2D eigenvalue weighted by Gasteiger charge is -2.18. The first-order chi connectivity index (χ1) is 8.11. The molecule has 1 unspecified atom stereocenters. The standard InChI is InChI=1S/C13H16N4/c1-10(7-14)16(2)8-11-4-5-13-12(6-11)15-9-17(13)3/h4-6,9-10H,8H2,1-3H3. The molecule has 2 rings (SSSR count). The fourth-order valence-corrected chi connectivity index (χ4v) is 1.80. The molecule has 0 aliphatic rings. The topological polar surface area (TPSA) is 44.9 Å². The minimum Gasteiger partial charge on any atom is -0.334 e. The van der Waals surface area contributed by atoms with Crippen molar-refractivity contribution in [2.75, 3.05) is 7.05 Å². The van der Waals surface area contributed by atoms with E-state index >= 15 is 0 Å². The first-order valence-corrected chi connectivity index (χ1v) is 5.61. The summed E-state index contributed by atoms with van der Waals surface area (Å²) in [5, 5.41) is 8.85. The summed E-state index contributed by atoms with van der Waals surface area (Å²) >= 11 is 0. The minimum atomic E-state index is -0.0746. The molecular weight excluding hydrogens is 212 g/mol. The van der Waals surface area contributed by atoms with Crippen LogP contribution in [0.4, 0.5) is 0 Å². The highest BCUT2D eigenvalue weighted by Gasteiger charge is 2.09. The van der Waals surface area contributed by atoms with Gasteiger partial charge in [-0.25, -0.2) is 4.98 Å². The van der Waals surface area contributed by atoms with E-state index in [1.54, 1.807) is 0 Å². The van der Waals surface area contributed by atoms with Crippen molar-refractivity contribution in [3.05, 3.63) is 30.1 Å². The lowest BCUT2D eigenvalue weighted by Crippen LogP contribution is -2.26. The van der Waals surface area contributed by atoms with Gasteiger partial charge in [-0.15, -0.1) is 0 Å². The monoisotopic (exact) mass is 228 g/mol. The van der Waals surface area contributed by atoms with E-state index in [1.165, 1.54) is 5.56 Å². The summed E-state index contributed by atoms with van der Waals surface area (Å²) in [5.41, 5.74) is 3.31. The van der Waals surface area contributed by atoms with Gasteiger partial charge in [0.05, 0.1) is 29.5 Å². The zero-order valence-corrected chi connectivity index (χ0v) is 10.4. The lowest BCUT2D eigenvalue weighted by molar-refractivity contribution is 0.294. The van der Waals surface area contributed by atoms with Crippen LogP contribution in [0, 0.1) is 11.3 Å². The average molecular weight is 228 g/mol. The van der Waals surface area contributed by atoms with Gasteiger partial charge in [-0.2, -0.15) is 5.26 Å². The average Bonchev–Trinajstić information content (AvgIpc) is 2.69. The van der Waals surface area contributed by atoms with Crippen molar-refractivity contribution >= 4 is 11.0 Å². The zero-order valence-electron chi connectivity index (χ0n) is 10.4. The van der Waals surface area contributed by atoms with Crippen molar-refractivity contribution in [1.82, 2.24) is 14.5 Å². The normalized spacial score (nSPS) is 12.9. The molecule has 0 amide bonds. The Labute approximate surface area is 101 Å². The van der Waals surface area contributed by atoms with Crippen LogP contribution in [0.2, 0.25) is 0 Å². The third kappa shape index (κ3) is 2.29. The summed E-state index contributed by atoms with van der Waals surface area (Å²) in [4.78, 5) is 6.35. The highest BCUT2D eigenvalue weighted by Crippen LogP contribution is 2.15. The van der Waals surface area contributed by atoms with Gasteiger partial charge >= 0.3 is 0 Å². The Morgan fingerprint density at radius 3 is 3.00 bits per heavy atom. The largest absolute Gasteiger partial charge is 0.334 e. The smallest absolute Gasteiger partial charge is 0.0955 e. The van der Waals surface area contributed by atoms with Crippen LogP contribution in [0.3, 0.4) is 0 Å². The molecule has 0 fully saturated rings. The summed E-state index contributed by atoms with van der Waals surface area (Å²) in [7, 11) is 3.94. The van der Waals surface area contributed by atoms with Gasteiger partial charge in [0.15, 0.2) is 0 Å². The van der Waals surface area contributed by atoms with E-state index in [4.69, 9.17) is 5.26 Å². The maximum Gasteiger partial charge on any atom is 0.0955 e. The molecule has 0 aliphatic carbocycles. The van der Waals surface area contributed by atoms with Gasteiger partial charge in [-0.1, -0.05) is 6.07 Å². The number of imidazole rings is 1.